The molecule has 0 aliphatic rings. The van der Waals surface area contributed by atoms with Gasteiger partial charge in [0.1, 0.15) is 5.69 Å². The molecule has 0 radical (unpaired) electrons. The number of amides is 2. The predicted octanol–water partition coefficient (Wildman–Crippen LogP) is 3.48. The van der Waals surface area contributed by atoms with E-state index in [2.05, 4.69) is 29.5 Å². The smallest absolute Gasteiger partial charge is 0.253 e. The third-order valence-electron chi connectivity index (χ3n) is 4.83. The van der Waals surface area contributed by atoms with Crippen molar-refractivity contribution >= 4 is 28.5 Å². The number of hydrogen-bond acceptors (Lipinski definition) is 5. The van der Waals surface area contributed by atoms with Gasteiger partial charge >= 0.3 is 0 Å². The second-order valence-corrected chi connectivity index (χ2v) is 7.81. The van der Waals surface area contributed by atoms with E-state index < -0.39 is 0 Å². The molecule has 0 saturated carbocycles. The lowest BCUT2D eigenvalue weighted by Gasteiger charge is -2.13. The molecule has 0 atom stereocenters. The van der Waals surface area contributed by atoms with E-state index in [1.54, 1.807) is 25.4 Å². The number of anilines is 1. The molecule has 164 valence electrons. The van der Waals surface area contributed by atoms with E-state index >= 15 is 0 Å². The SMILES string of the molecule is COCCn1c(-c2ccccn2)nc2cc(NC(C)=O)cc(C(=O)NCCC(C)C)c21. The van der Waals surface area contributed by atoms with Crippen LogP contribution in [0.3, 0.4) is 0 Å². The quantitative estimate of drug-likeness (QED) is 0.549. The minimum Gasteiger partial charge on any atom is -0.383 e. The number of nitrogens with zero attached hydrogens (tertiary/aromatic N) is 3. The van der Waals surface area contributed by atoms with Crippen LogP contribution in [0.25, 0.3) is 22.6 Å². The Balaban J connectivity index is 2.16. The zero-order valence-corrected chi connectivity index (χ0v) is 18.4. The molecule has 31 heavy (non-hydrogen) atoms. The van der Waals surface area contributed by atoms with E-state index in [1.807, 2.05) is 22.8 Å². The Labute approximate surface area is 182 Å². The summed E-state index contributed by atoms with van der Waals surface area (Å²) >= 11 is 0. The Morgan fingerprint density at radius 1 is 1.23 bits per heavy atom. The van der Waals surface area contributed by atoms with Gasteiger partial charge in [0.2, 0.25) is 5.91 Å². The summed E-state index contributed by atoms with van der Waals surface area (Å²) < 4.78 is 7.25. The Bertz CT molecular complexity index is 1060. The molecule has 0 bridgehead atoms. The van der Waals surface area contributed by atoms with E-state index in [-0.39, 0.29) is 11.8 Å². The molecular weight excluding hydrogens is 394 g/mol. The molecular formula is C23H29N5O3. The second kappa shape index (κ2) is 10.2. The number of nitrogens with one attached hydrogen (secondary N) is 2. The van der Waals surface area contributed by atoms with Crippen molar-refractivity contribution in [3.8, 4) is 11.5 Å². The molecule has 0 fully saturated rings. The fourth-order valence-electron chi connectivity index (χ4n) is 3.38. The molecule has 3 rings (SSSR count). The average Bonchev–Trinajstić information content (AvgIpc) is 3.09. The van der Waals surface area contributed by atoms with Crippen molar-refractivity contribution in [1.82, 2.24) is 19.9 Å². The van der Waals surface area contributed by atoms with Gasteiger partial charge in [-0.1, -0.05) is 19.9 Å². The normalized spacial score (nSPS) is 11.1. The Kier molecular flexibility index (Phi) is 7.36. The summed E-state index contributed by atoms with van der Waals surface area (Å²) in [6, 6.07) is 9.08. The van der Waals surface area contributed by atoms with Crippen LogP contribution >= 0.6 is 0 Å². The molecule has 2 aromatic heterocycles. The lowest BCUT2D eigenvalue weighted by atomic mass is 10.1. The van der Waals surface area contributed by atoms with Crippen molar-refractivity contribution in [3.05, 3.63) is 42.1 Å². The van der Waals surface area contributed by atoms with Gasteiger partial charge in [-0.05, 0) is 36.6 Å². The molecule has 2 N–H and O–H groups in total. The van der Waals surface area contributed by atoms with Crippen molar-refractivity contribution in [1.29, 1.82) is 0 Å². The Morgan fingerprint density at radius 2 is 2.03 bits per heavy atom. The number of hydrogen-bond donors (Lipinski definition) is 2. The highest BCUT2D eigenvalue weighted by molar-refractivity contribution is 6.08. The summed E-state index contributed by atoms with van der Waals surface area (Å²) in [7, 11) is 1.63. The van der Waals surface area contributed by atoms with Crippen molar-refractivity contribution in [2.24, 2.45) is 5.92 Å². The van der Waals surface area contributed by atoms with Gasteiger partial charge < -0.3 is 19.9 Å². The molecule has 3 aromatic rings. The number of carbonyl (C=O) groups excluding carboxylic acids is 2. The Morgan fingerprint density at radius 3 is 2.68 bits per heavy atom. The highest BCUT2D eigenvalue weighted by atomic mass is 16.5. The molecule has 8 nitrogen and oxygen atoms in total. The van der Waals surface area contributed by atoms with Crippen LogP contribution < -0.4 is 10.6 Å². The number of ether oxygens (including phenoxy) is 1. The lowest BCUT2D eigenvalue weighted by molar-refractivity contribution is -0.114. The van der Waals surface area contributed by atoms with Crippen LogP contribution in [0.15, 0.2) is 36.5 Å². The highest BCUT2D eigenvalue weighted by Gasteiger charge is 2.21. The largest absolute Gasteiger partial charge is 0.383 e. The van der Waals surface area contributed by atoms with Crippen molar-refractivity contribution in [3.63, 3.8) is 0 Å². The van der Waals surface area contributed by atoms with Crippen molar-refractivity contribution < 1.29 is 14.3 Å². The topological polar surface area (TPSA) is 98.1 Å². The van der Waals surface area contributed by atoms with Crippen molar-refractivity contribution in [2.75, 3.05) is 25.6 Å². The fourth-order valence-corrected chi connectivity index (χ4v) is 3.38. The van der Waals surface area contributed by atoms with Gasteiger partial charge in [0, 0.05) is 39.0 Å². The van der Waals surface area contributed by atoms with Crippen LogP contribution in [0.1, 0.15) is 37.6 Å². The minimum absolute atomic E-state index is 0.205. The van der Waals surface area contributed by atoms with Crippen molar-refractivity contribution in [2.45, 2.75) is 33.7 Å². The van der Waals surface area contributed by atoms with Crippen LogP contribution in [-0.2, 0) is 16.1 Å². The van der Waals surface area contributed by atoms with Gasteiger partial charge in [0.05, 0.1) is 23.2 Å². The minimum atomic E-state index is -0.214. The molecule has 2 amide bonds. The molecule has 8 heteroatoms. The van der Waals surface area contributed by atoms with Crippen LogP contribution in [0.5, 0.6) is 0 Å². The summed E-state index contributed by atoms with van der Waals surface area (Å²) in [6.45, 7) is 7.18. The summed E-state index contributed by atoms with van der Waals surface area (Å²) in [5.74, 6) is 0.705. The monoisotopic (exact) mass is 423 g/mol. The number of carbonyl (C=O) groups is 2. The standard InChI is InChI=1S/C23H29N5O3/c1-15(2)8-10-25-23(30)18-13-17(26-16(3)29)14-20-21(18)28(11-12-31-4)22(27-20)19-7-5-6-9-24-19/h5-7,9,13-15H,8,10-12H2,1-4H3,(H,25,30)(H,26,29). The Hall–Kier alpha value is -3.26. The predicted molar refractivity (Wildman–Crippen MR) is 121 cm³/mol. The first-order valence-corrected chi connectivity index (χ1v) is 10.4. The van der Waals surface area contributed by atoms with E-state index in [9.17, 15) is 9.59 Å². The van der Waals surface area contributed by atoms with Crippen LogP contribution in [-0.4, -0.2) is 46.6 Å². The lowest BCUT2D eigenvalue weighted by Crippen LogP contribution is -2.26. The number of fused-ring (bicyclic) bond motifs is 1. The second-order valence-electron chi connectivity index (χ2n) is 7.81. The fraction of sp³-hybridized carbons (Fsp3) is 0.391. The maximum Gasteiger partial charge on any atom is 0.253 e. The van der Waals surface area contributed by atoms with Crippen LogP contribution in [0.2, 0.25) is 0 Å². The first-order valence-electron chi connectivity index (χ1n) is 10.4. The summed E-state index contributed by atoms with van der Waals surface area (Å²) in [4.78, 5) is 34.0. The average molecular weight is 424 g/mol. The van der Waals surface area contributed by atoms with Crippen LogP contribution in [0, 0.1) is 5.92 Å². The van der Waals surface area contributed by atoms with Crippen LogP contribution in [0.4, 0.5) is 5.69 Å². The van der Waals surface area contributed by atoms with E-state index in [0.29, 0.717) is 59.4 Å². The zero-order chi connectivity index (χ0) is 22.4. The molecule has 0 aliphatic heterocycles. The molecule has 1 aromatic carbocycles. The number of imidazole rings is 1. The number of benzene rings is 1. The molecule has 0 aliphatic carbocycles. The molecule has 2 heterocycles. The third kappa shape index (κ3) is 5.46. The number of pyridine rings is 1. The number of rotatable bonds is 9. The number of aromatic nitrogens is 3. The number of methoxy groups -OCH3 is 1. The first kappa shape index (κ1) is 22.4. The summed E-state index contributed by atoms with van der Waals surface area (Å²) in [5.41, 5.74) is 2.97. The molecule has 0 spiro atoms. The van der Waals surface area contributed by atoms with Gasteiger partial charge in [0.15, 0.2) is 5.82 Å². The summed E-state index contributed by atoms with van der Waals surface area (Å²) in [5, 5.41) is 5.77. The maximum atomic E-state index is 13.1. The van der Waals surface area contributed by atoms with Gasteiger partial charge in [-0.15, -0.1) is 0 Å². The van der Waals surface area contributed by atoms with E-state index in [0.717, 1.165) is 6.42 Å². The van der Waals surface area contributed by atoms with E-state index in [1.165, 1.54) is 6.92 Å². The maximum absolute atomic E-state index is 13.1. The third-order valence-corrected chi connectivity index (χ3v) is 4.83. The first-order chi connectivity index (χ1) is 14.9. The van der Waals surface area contributed by atoms with Gasteiger partial charge in [-0.2, -0.15) is 0 Å². The van der Waals surface area contributed by atoms with E-state index in [4.69, 9.17) is 9.72 Å². The summed E-state index contributed by atoms with van der Waals surface area (Å²) in [6.07, 6.45) is 2.58. The van der Waals surface area contributed by atoms with Gasteiger partial charge in [-0.25, -0.2) is 4.98 Å². The molecule has 0 unspecified atom stereocenters. The van der Waals surface area contributed by atoms with Gasteiger partial charge in [0.25, 0.3) is 5.91 Å². The highest BCUT2D eigenvalue weighted by Crippen LogP contribution is 2.29. The van der Waals surface area contributed by atoms with Gasteiger partial charge in [-0.3, -0.25) is 14.6 Å². The molecule has 0 saturated heterocycles. The zero-order valence-electron chi connectivity index (χ0n) is 18.4.